The number of ether oxygens (including phenoxy) is 2. The molecule has 1 N–H and O–H groups in total. The second-order valence-corrected chi connectivity index (χ2v) is 8.00. The number of carbonyl (C=O) groups is 1. The standard InChI is InChI=1S/C24H26N2O5/c1-25(2)12-7-13-26-21(15-10-11-18(29-3)19(14-15)30-4)20-22(27)16-8-5-6-9-17(16)31-23(20)24(26)28/h5-6,8-11,14,21H,7,12-13H2,1-4H3/p+1/t21-/m0/s1. The first-order chi connectivity index (χ1) is 15.0. The quantitative estimate of drug-likeness (QED) is 0.628. The van der Waals surface area contributed by atoms with Crippen LogP contribution in [-0.2, 0) is 0 Å². The zero-order valence-corrected chi connectivity index (χ0v) is 18.2. The van der Waals surface area contributed by atoms with Gasteiger partial charge in [-0.1, -0.05) is 18.2 Å². The summed E-state index contributed by atoms with van der Waals surface area (Å²) < 4.78 is 16.8. The second kappa shape index (κ2) is 8.43. The van der Waals surface area contributed by atoms with Crippen molar-refractivity contribution in [3.05, 3.63) is 69.6 Å². The van der Waals surface area contributed by atoms with E-state index in [0.717, 1.165) is 18.5 Å². The fraction of sp³-hybridized carbons (Fsp3) is 0.333. The van der Waals surface area contributed by atoms with Crippen LogP contribution >= 0.6 is 0 Å². The van der Waals surface area contributed by atoms with Gasteiger partial charge in [0.25, 0.3) is 5.91 Å². The van der Waals surface area contributed by atoms with Crippen LogP contribution in [0.15, 0.2) is 51.7 Å². The highest BCUT2D eigenvalue weighted by Gasteiger charge is 2.42. The van der Waals surface area contributed by atoms with Gasteiger partial charge in [-0.05, 0) is 29.8 Å². The summed E-state index contributed by atoms with van der Waals surface area (Å²) in [5, 5.41) is 0.471. The number of fused-ring (bicyclic) bond motifs is 2. The molecule has 0 fully saturated rings. The molecule has 7 heteroatoms. The average molecular weight is 423 g/mol. The lowest BCUT2D eigenvalue weighted by Crippen LogP contribution is -3.05. The lowest BCUT2D eigenvalue weighted by Gasteiger charge is -2.26. The van der Waals surface area contributed by atoms with Gasteiger partial charge >= 0.3 is 0 Å². The summed E-state index contributed by atoms with van der Waals surface area (Å²) >= 11 is 0. The van der Waals surface area contributed by atoms with Crippen LogP contribution in [0.5, 0.6) is 11.5 Å². The maximum Gasteiger partial charge on any atom is 0.290 e. The minimum atomic E-state index is -0.541. The number of amides is 1. The number of hydrogen-bond acceptors (Lipinski definition) is 5. The number of nitrogens with zero attached hydrogens (tertiary/aromatic N) is 1. The van der Waals surface area contributed by atoms with Crippen molar-refractivity contribution >= 4 is 16.9 Å². The van der Waals surface area contributed by atoms with Crippen molar-refractivity contribution in [2.24, 2.45) is 0 Å². The highest BCUT2D eigenvalue weighted by molar-refractivity contribution is 5.99. The van der Waals surface area contributed by atoms with Crippen LogP contribution in [0, 0.1) is 0 Å². The number of benzene rings is 2. The highest BCUT2D eigenvalue weighted by atomic mass is 16.5. The van der Waals surface area contributed by atoms with Crippen LogP contribution in [0.3, 0.4) is 0 Å². The van der Waals surface area contributed by atoms with Gasteiger partial charge < -0.3 is 23.7 Å². The first-order valence-electron chi connectivity index (χ1n) is 10.3. The number of rotatable bonds is 7. The topological polar surface area (TPSA) is 73.4 Å². The Morgan fingerprint density at radius 2 is 1.77 bits per heavy atom. The molecule has 4 rings (SSSR count). The molecule has 0 aliphatic carbocycles. The van der Waals surface area contributed by atoms with Crippen LogP contribution in [0.2, 0.25) is 0 Å². The Hall–Kier alpha value is -3.32. The predicted octanol–water partition coefficient (Wildman–Crippen LogP) is 1.89. The Morgan fingerprint density at radius 3 is 2.48 bits per heavy atom. The van der Waals surface area contributed by atoms with Gasteiger partial charge in [0.15, 0.2) is 16.9 Å². The van der Waals surface area contributed by atoms with Gasteiger partial charge in [0.1, 0.15) is 5.58 Å². The number of hydrogen-bond donors (Lipinski definition) is 1. The summed E-state index contributed by atoms with van der Waals surface area (Å²) in [5.41, 5.74) is 1.41. The van der Waals surface area contributed by atoms with Gasteiger partial charge in [0.2, 0.25) is 5.76 Å². The van der Waals surface area contributed by atoms with Crippen molar-refractivity contribution in [2.45, 2.75) is 12.5 Å². The summed E-state index contributed by atoms with van der Waals surface area (Å²) in [6.45, 7) is 1.42. The third-order valence-electron chi connectivity index (χ3n) is 5.67. The Labute approximate surface area is 180 Å². The summed E-state index contributed by atoms with van der Waals surface area (Å²) in [7, 11) is 7.28. The Balaban J connectivity index is 1.88. The van der Waals surface area contributed by atoms with Gasteiger partial charge in [-0.3, -0.25) is 9.59 Å². The highest BCUT2D eigenvalue weighted by Crippen LogP contribution is 2.40. The molecule has 7 nitrogen and oxygen atoms in total. The minimum absolute atomic E-state index is 0.126. The molecule has 0 radical (unpaired) electrons. The van der Waals surface area contributed by atoms with Crippen LogP contribution in [0.25, 0.3) is 11.0 Å². The fourth-order valence-electron chi connectivity index (χ4n) is 4.17. The third kappa shape index (κ3) is 3.65. The Bertz CT molecular complexity index is 1180. The summed E-state index contributed by atoms with van der Waals surface area (Å²) in [6, 6.07) is 12.0. The lowest BCUT2D eigenvalue weighted by molar-refractivity contribution is -0.858. The van der Waals surface area contributed by atoms with E-state index >= 15 is 0 Å². The smallest absolute Gasteiger partial charge is 0.290 e. The zero-order chi connectivity index (χ0) is 22.1. The molecule has 1 aromatic heterocycles. The molecular weight excluding hydrogens is 396 g/mol. The molecule has 2 heterocycles. The maximum atomic E-state index is 13.5. The van der Waals surface area contributed by atoms with Crippen LogP contribution in [-0.4, -0.2) is 52.2 Å². The second-order valence-electron chi connectivity index (χ2n) is 8.00. The Morgan fingerprint density at radius 1 is 1.03 bits per heavy atom. The SMILES string of the molecule is COc1ccc([C@H]2c3c(oc4ccccc4c3=O)C(=O)N2CCC[NH+](C)C)cc1OC. The van der Waals surface area contributed by atoms with E-state index in [2.05, 4.69) is 14.1 Å². The molecule has 0 unspecified atom stereocenters. The number of methoxy groups -OCH3 is 2. The molecule has 0 bridgehead atoms. The first-order valence-corrected chi connectivity index (χ1v) is 10.3. The number of quaternary nitrogens is 1. The number of para-hydroxylation sites is 1. The van der Waals surface area contributed by atoms with E-state index in [1.54, 1.807) is 49.5 Å². The molecule has 1 aliphatic rings. The van der Waals surface area contributed by atoms with Gasteiger partial charge in [0.05, 0.1) is 51.9 Å². The molecule has 1 aliphatic heterocycles. The van der Waals surface area contributed by atoms with Crippen LogP contribution in [0.1, 0.15) is 34.1 Å². The van der Waals surface area contributed by atoms with Gasteiger partial charge in [-0.2, -0.15) is 0 Å². The summed E-state index contributed by atoms with van der Waals surface area (Å²) in [5.74, 6) is 1.000. The van der Waals surface area contributed by atoms with E-state index in [1.165, 1.54) is 4.90 Å². The van der Waals surface area contributed by atoms with Crippen molar-refractivity contribution in [1.29, 1.82) is 0 Å². The third-order valence-corrected chi connectivity index (χ3v) is 5.67. The van der Waals surface area contributed by atoms with Gasteiger partial charge in [-0.15, -0.1) is 0 Å². The van der Waals surface area contributed by atoms with E-state index in [0.29, 0.717) is 34.6 Å². The molecule has 162 valence electrons. The Kier molecular flexibility index (Phi) is 5.69. The molecule has 31 heavy (non-hydrogen) atoms. The van der Waals surface area contributed by atoms with Gasteiger partial charge in [0, 0.05) is 13.0 Å². The molecule has 1 atom stereocenters. The largest absolute Gasteiger partial charge is 0.493 e. The van der Waals surface area contributed by atoms with Crippen molar-refractivity contribution in [2.75, 3.05) is 41.4 Å². The lowest BCUT2D eigenvalue weighted by atomic mass is 9.98. The summed E-state index contributed by atoms with van der Waals surface area (Å²) in [4.78, 5) is 29.8. The minimum Gasteiger partial charge on any atom is -0.493 e. The first kappa shape index (κ1) is 20.9. The molecule has 0 saturated heterocycles. The van der Waals surface area contributed by atoms with E-state index in [1.807, 2.05) is 12.1 Å². The van der Waals surface area contributed by atoms with E-state index in [-0.39, 0.29) is 17.1 Å². The van der Waals surface area contributed by atoms with Crippen molar-refractivity contribution < 1.29 is 23.6 Å². The number of carbonyl (C=O) groups excluding carboxylic acids is 1. The zero-order valence-electron chi connectivity index (χ0n) is 18.2. The fourth-order valence-corrected chi connectivity index (χ4v) is 4.17. The van der Waals surface area contributed by atoms with Crippen molar-refractivity contribution in [3.63, 3.8) is 0 Å². The maximum absolute atomic E-state index is 13.5. The van der Waals surface area contributed by atoms with Crippen molar-refractivity contribution in [1.82, 2.24) is 4.90 Å². The monoisotopic (exact) mass is 423 g/mol. The van der Waals surface area contributed by atoms with E-state index < -0.39 is 6.04 Å². The van der Waals surface area contributed by atoms with Crippen LogP contribution in [0.4, 0.5) is 0 Å². The average Bonchev–Trinajstić information content (AvgIpc) is 3.05. The molecular formula is C24H27N2O5+. The molecule has 0 spiro atoms. The normalized spacial score (nSPS) is 15.6. The number of nitrogens with one attached hydrogen (secondary N) is 1. The predicted molar refractivity (Wildman–Crippen MR) is 117 cm³/mol. The van der Waals surface area contributed by atoms with Crippen molar-refractivity contribution in [3.8, 4) is 11.5 Å². The molecule has 3 aromatic rings. The molecule has 2 aromatic carbocycles. The molecule has 0 saturated carbocycles. The van der Waals surface area contributed by atoms with E-state index in [9.17, 15) is 9.59 Å². The van der Waals surface area contributed by atoms with Gasteiger partial charge in [-0.25, -0.2) is 0 Å². The van der Waals surface area contributed by atoms with Crippen LogP contribution < -0.4 is 19.8 Å². The summed E-state index contributed by atoms with van der Waals surface area (Å²) in [6.07, 6.45) is 0.805. The van der Waals surface area contributed by atoms with E-state index in [4.69, 9.17) is 13.9 Å². The molecule has 1 amide bonds.